The molecule has 2 aromatic carbocycles. The number of aliphatic imine (C=N–C) groups is 1. The molecule has 32 heavy (non-hydrogen) atoms. The first kappa shape index (κ1) is 20.4. The predicted octanol–water partition coefficient (Wildman–Crippen LogP) is 3.40. The van der Waals surface area contributed by atoms with Gasteiger partial charge in [-0.25, -0.2) is 9.79 Å². The summed E-state index contributed by atoms with van der Waals surface area (Å²) in [5.74, 6) is -0.790. The van der Waals surface area contributed by atoms with Crippen molar-refractivity contribution >= 4 is 17.3 Å². The molecule has 0 saturated heterocycles. The Morgan fingerprint density at radius 1 is 0.812 bits per heavy atom. The lowest BCUT2D eigenvalue weighted by Crippen LogP contribution is -2.43. The summed E-state index contributed by atoms with van der Waals surface area (Å²) in [7, 11) is 3.11. The molecular formula is C26H25N3O3. The third kappa shape index (κ3) is 2.46. The van der Waals surface area contributed by atoms with Crippen molar-refractivity contribution in [1.82, 2.24) is 9.13 Å². The molecule has 0 N–H and O–H groups in total. The van der Waals surface area contributed by atoms with Crippen LogP contribution < -0.4 is 11.2 Å². The molecule has 1 aliphatic carbocycles. The molecule has 0 spiro atoms. The number of nitrogens with zero attached hydrogens (tertiary/aromatic N) is 3. The Bertz CT molecular complexity index is 1500. The smallest absolute Gasteiger partial charge is 0.293 e. The number of benzene rings is 2. The Kier molecular flexibility index (Phi) is 4.28. The molecule has 0 bridgehead atoms. The number of hydrogen-bond donors (Lipinski definition) is 0. The number of fused-ring (bicyclic) bond motifs is 4. The van der Waals surface area contributed by atoms with Gasteiger partial charge in [0, 0.05) is 31.1 Å². The quantitative estimate of drug-likeness (QED) is 0.598. The highest BCUT2D eigenvalue weighted by molar-refractivity contribution is 6.30. The fraction of sp³-hybridized carbons (Fsp3) is 0.308. The third-order valence-corrected chi connectivity index (χ3v) is 7.44. The predicted molar refractivity (Wildman–Crippen MR) is 125 cm³/mol. The van der Waals surface area contributed by atoms with Crippen LogP contribution in [0.4, 0.5) is 5.82 Å². The minimum absolute atomic E-state index is 0.0267. The van der Waals surface area contributed by atoms with Gasteiger partial charge in [-0.15, -0.1) is 0 Å². The van der Waals surface area contributed by atoms with Crippen LogP contribution in [-0.2, 0) is 14.1 Å². The van der Waals surface area contributed by atoms with Gasteiger partial charge in [-0.1, -0.05) is 30.3 Å². The van der Waals surface area contributed by atoms with E-state index in [-0.39, 0.29) is 5.78 Å². The Labute approximate surface area is 185 Å². The van der Waals surface area contributed by atoms with Crippen molar-refractivity contribution in [1.29, 1.82) is 0 Å². The molecule has 0 radical (unpaired) electrons. The molecule has 6 heteroatoms. The highest BCUT2D eigenvalue weighted by Gasteiger charge is 2.48. The molecule has 0 saturated carbocycles. The van der Waals surface area contributed by atoms with Crippen LogP contribution in [0.15, 0.2) is 44.9 Å². The Morgan fingerprint density at radius 3 is 2.16 bits per heavy atom. The zero-order valence-corrected chi connectivity index (χ0v) is 19.1. The van der Waals surface area contributed by atoms with Crippen LogP contribution in [0.3, 0.4) is 0 Å². The Morgan fingerprint density at radius 2 is 1.47 bits per heavy atom. The van der Waals surface area contributed by atoms with E-state index in [9.17, 15) is 14.4 Å². The number of aromatic nitrogens is 2. The van der Waals surface area contributed by atoms with E-state index in [1.54, 1.807) is 7.05 Å². The summed E-state index contributed by atoms with van der Waals surface area (Å²) in [5, 5.41) is 0. The second kappa shape index (κ2) is 6.73. The molecule has 0 amide bonds. The Hall–Kier alpha value is -3.54. The van der Waals surface area contributed by atoms with E-state index in [4.69, 9.17) is 4.99 Å². The first-order valence-electron chi connectivity index (χ1n) is 10.7. The highest BCUT2D eigenvalue weighted by Crippen LogP contribution is 2.47. The average molecular weight is 428 g/mol. The fourth-order valence-electron chi connectivity index (χ4n) is 5.27. The van der Waals surface area contributed by atoms with Gasteiger partial charge in [0.2, 0.25) is 0 Å². The van der Waals surface area contributed by atoms with Gasteiger partial charge >= 0.3 is 5.69 Å². The molecule has 5 rings (SSSR count). The van der Waals surface area contributed by atoms with Gasteiger partial charge in [0.05, 0.1) is 17.2 Å². The van der Waals surface area contributed by atoms with Gasteiger partial charge in [-0.3, -0.25) is 18.7 Å². The second-order valence-corrected chi connectivity index (χ2v) is 8.96. The summed E-state index contributed by atoms with van der Waals surface area (Å²) in [4.78, 5) is 44.6. The molecule has 2 atom stereocenters. The molecule has 0 unspecified atom stereocenters. The number of hydrogen-bond acceptors (Lipinski definition) is 4. The number of Topliss-reactive ketones (excluding diaryl/α,β-unsaturated/α-hetero) is 1. The minimum atomic E-state index is -0.592. The van der Waals surface area contributed by atoms with Crippen molar-refractivity contribution < 1.29 is 4.79 Å². The first-order valence-corrected chi connectivity index (χ1v) is 10.7. The zero-order chi connectivity index (χ0) is 23.1. The summed E-state index contributed by atoms with van der Waals surface area (Å²) < 4.78 is 2.53. The molecule has 2 aliphatic rings. The number of carbonyl (C=O) groups is 1. The standard InChI is InChI=1S/C26H25N3O3/c1-12-11-18(15(4)14(3)13(12)2)19-20-22(16-9-7-8-10-17(16)23(20)30)27-24-21(19)25(31)29(6)26(32)28(24)5/h7-11,19-20H,1-6H3/t19-,20+/m1/s1. The average Bonchev–Trinajstić information content (AvgIpc) is 3.08. The van der Waals surface area contributed by atoms with E-state index in [2.05, 4.69) is 19.9 Å². The lowest BCUT2D eigenvalue weighted by Gasteiger charge is -2.31. The van der Waals surface area contributed by atoms with Gasteiger partial charge in [0.1, 0.15) is 5.82 Å². The topological polar surface area (TPSA) is 73.4 Å². The molecule has 162 valence electrons. The highest BCUT2D eigenvalue weighted by atomic mass is 16.2. The normalized spacial score (nSPS) is 18.8. The van der Waals surface area contributed by atoms with Crippen molar-refractivity contribution in [3.05, 3.63) is 95.7 Å². The molecule has 3 aromatic rings. The van der Waals surface area contributed by atoms with E-state index in [0.29, 0.717) is 22.7 Å². The largest absolute Gasteiger partial charge is 0.332 e. The van der Waals surface area contributed by atoms with Gasteiger partial charge in [-0.2, -0.15) is 0 Å². The number of carbonyl (C=O) groups excluding carboxylic acids is 1. The van der Waals surface area contributed by atoms with Crippen molar-refractivity contribution in [2.24, 2.45) is 25.0 Å². The number of aryl methyl sites for hydroxylation is 1. The maximum absolute atomic E-state index is 13.7. The summed E-state index contributed by atoms with van der Waals surface area (Å²) in [6, 6.07) is 9.53. The van der Waals surface area contributed by atoms with Gasteiger partial charge < -0.3 is 0 Å². The summed E-state index contributed by atoms with van der Waals surface area (Å²) in [5.41, 5.74) is 7.09. The number of ketones is 1. The first-order chi connectivity index (χ1) is 15.1. The SMILES string of the molecule is Cc1cc([C@H]2c3c(n(C)c(=O)n(C)c3=O)N=C3c4ccccc4C(=O)[C@H]32)c(C)c(C)c1C. The molecule has 0 fully saturated rings. The maximum atomic E-state index is 13.7. The van der Waals surface area contributed by atoms with E-state index < -0.39 is 23.1 Å². The van der Waals surface area contributed by atoms with Gasteiger partial charge in [-0.05, 0) is 55.5 Å². The van der Waals surface area contributed by atoms with Crippen molar-refractivity contribution in [2.45, 2.75) is 33.6 Å². The van der Waals surface area contributed by atoms with Crippen molar-refractivity contribution in [2.75, 3.05) is 0 Å². The summed E-state index contributed by atoms with van der Waals surface area (Å²) >= 11 is 0. The lowest BCUT2D eigenvalue weighted by atomic mass is 9.74. The maximum Gasteiger partial charge on any atom is 0.332 e. The van der Waals surface area contributed by atoms with Crippen LogP contribution in [0.1, 0.15) is 55.2 Å². The number of rotatable bonds is 1. The Balaban J connectivity index is 1.95. The second-order valence-electron chi connectivity index (χ2n) is 8.96. The van der Waals surface area contributed by atoms with Crippen molar-refractivity contribution in [3.8, 4) is 0 Å². The third-order valence-electron chi connectivity index (χ3n) is 7.44. The lowest BCUT2D eigenvalue weighted by molar-refractivity contribution is 0.0953. The van der Waals surface area contributed by atoms with Gasteiger partial charge in [0.25, 0.3) is 5.56 Å². The molecule has 2 heterocycles. The fourth-order valence-corrected chi connectivity index (χ4v) is 5.27. The van der Waals surface area contributed by atoms with E-state index in [1.165, 1.54) is 17.2 Å². The summed E-state index contributed by atoms with van der Waals surface area (Å²) in [6.45, 7) is 8.25. The molecule has 1 aromatic heterocycles. The van der Waals surface area contributed by atoms with Crippen LogP contribution >= 0.6 is 0 Å². The van der Waals surface area contributed by atoms with E-state index >= 15 is 0 Å². The molecule has 1 aliphatic heterocycles. The summed E-state index contributed by atoms with van der Waals surface area (Å²) in [6.07, 6.45) is 0. The van der Waals surface area contributed by atoms with Crippen molar-refractivity contribution in [3.63, 3.8) is 0 Å². The van der Waals surface area contributed by atoms with E-state index in [1.807, 2.05) is 38.1 Å². The van der Waals surface area contributed by atoms with Crippen LogP contribution in [0.5, 0.6) is 0 Å². The molecule has 6 nitrogen and oxygen atoms in total. The minimum Gasteiger partial charge on any atom is -0.293 e. The van der Waals surface area contributed by atoms with Crippen LogP contribution in [0.2, 0.25) is 0 Å². The monoisotopic (exact) mass is 427 g/mol. The van der Waals surface area contributed by atoms with Gasteiger partial charge in [0.15, 0.2) is 5.78 Å². The van der Waals surface area contributed by atoms with Crippen LogP contribution in [0.25, 0.3) is 0 Å². The van der Waals surface area contributed by atoms with Crippen LogP contribution in [0, 0.1) is 33.6 Å². The zero-order valence-electron chi connectivity index (χ0n) is 19.1. The van der Waals surface area contributed by atoms with E-state index in [0.717, 1.165) is 32.4 Å². The van der Waals surface area contributed by atoms with Crippen LogP contribution in [-0.4, -0.2) is 20.6 Å². The molecular weight excluding hydrogens is 402 g/mol.